The Morgan fingerprint density at radius 3 is 2.76 bits per heavy atom. The zero-order valence-corrected chi connectivity index (χ0v) is 15.2. The van der Waals surface area contributed by atoms with Gasteiger partial charge in [-0.1, -0.05) is 0 Å². The van der Waals surface area contributed by atoms with Crippen molar-refractivity contribution in [2.45, 2.75) is 45.2 Å². The predicted molar refractivity (Wildman–Crippen MR) is 94.6 cm³/mol. The Hall–Kier alpha value is -1.95. The molecule has 2 fully saturated rings. The van der Waals surface area contributed by atoms with Gasteiger partial charge in [0.2, 0.25) is 0 Å². The lowest BCUT2D eigenvalue weighted by Crippen LogP contribution is -2.47. The molecule has 1 aromatic heterocycles. The van der Waals surface area contributed by atoms with E-state index in [1.807, 2.05) is 18.7 Å². The van der Waals surface area contributed by atoms with Gasteiger partial charge in [-0.3, -0.25) is 4.79 Å². The molecule has 2 unspecified atom stereocenters. The molecule has 25 heavy (non-hydrogen) atoms. The van der Waals surface area contributed by atoms with Gasteiger partial charge in [0.05, 0.1) is 16.7 Å². The van der Waals surface area contributed by atoms with Gasteiger partial charge in [0, 0.05) is 6.04 Å². The number of carbonyl (C=O) groups is 1. The smallest absolute Gasteiger partial charge is 0.266 e. The fourth-order valence-electron chi connectivity index (χ4n) is 4.18. The Labute approximate surface area is 150 Å². The highest BCUT2D eigenvalue weighted by Gasteiger charge is 2.49. The number of halogens is 1. The molecule has 1 aliphatic heterocycles. The molecule has 0 N–H and O–H groups in total. The number of fused-ring (bicyclic) bond motifs is 2. The maximum atomic E-state index is 13.1. The molecule has 2 heterocycles. The number of amides is 1. The van der Waals surface area contributed by atoms with Gasteiger partial charge in [-0.15, -0.1) is 11.3 Å². The fourth-order valence-corrected chi connectivity index (χ4v) is 5.05. The van der Waals surface area contributed by atoms with E-state index >= 15 is 0 Å². The van der Waals surface area contributed by atoms with Gasteiger partial charge in [-0.05, 0) is 63.3 Å². The molecule has 4 rings (SSSR count). The second kappa shape index (κ2) is 6.41. The highest BCUT2D eigenvalue weighted by molar-refractivity contribution is 7.13. The lowest BCUT2D eigenvalue weighted by molar-refractivity contribution is 0.0509. The van der Waals surface area contributed by atoms with Crippen LogP contribution >= 0.6 is 11.3 Å². The highest BCUT2D eigenvalue weighted by Crippen LogP contribution is 2.43. The van der Waals surface area contributed by atoms with Crippen LogP contribution in [0.4, 0.5) is 4.39 Å². The Morgan fingerprint density at radius 1 is 1.32 bits per heavy atom. The van der Waals surface area contributed by atoms with E-state index in [-0.39, 0.29) is 17.8 Å². The van der Waals surface area contributed by atoms with Crippen LogP contribution in [0.1, 0.15) is 39.6 Å². The summed E-state index contributed by atoms with van der Waals surface area (Å²) < 4.78 is 18.9. The van der Waals surface area contributed by atoms with Crippen LogP contribution in [0.25, 0.3) is 0 Å². The standard InChI is InChI=1S/C19H21FN2O2S/c1-11-18(25-12(2)21-11)19(23)22-15-6-3-13(9-15)17(22)10-24-16-7-4-14(20)5-8-16/h4-5,7-8,13,15,17H,3,6,9-10H2,1-2H3/t13?,15?,17-/m1/s1. The monoisotopic (exact) mass is 360 g/mol. The number of carbonyl (C=O) groups excluding carboxylic acids is 1. The van der Waals surface area contributed by atoms with Gasteiger partial charge < -0.3 is 9.64 Å². The van der Waals surface area contributed by atoms with Crippen LogP contribution in [0, 0.1) is 25.6 Å². The molecule has 6 heteroatoms. The van der Waals surface area contributed by atoms with Crippen molar-refractivity contribution >= 4 is 17.2 Å². The van der Waals surface area contributed by atoms with Crippen LogP contribution in [0.5, 0.6) is 5.75 Å². The number of ether oxygens (including phenoxy) is 1. The SMILES string of the molecule is Cc1nc(C)c(C(=O)N2C3CCC(C3)[C@H]2COc2ccc(F)cc2)s1. The van der Waals surface area contributed by atoms with Crippen LogP contribution in [-0.4, -0.2) is 34.5 Å². The van der Waals surface area contributed by atoms with E-state index in [4.69, 9.17) is 4.74 Å². The third kappa shape index (κ3) is 3.03. The normalized spacial score (nSPS) is 24.8. The number of aromatic nitrogens is 1. The number of piperidine rings is 1. The van der Waals surface area contributed by atoms with E-state index in [1.54, 1.807) is 12.1 Å². The number of hydrogen-bond donors (Lipinski definition) is 0. The summed E-state index contributed by atoms with van der Waals surface area (Å²) in [7, 11) is 0. The number of rotatable bonds is 4. The van der Waals surface area contributed by atoms with E-state index in [1.165, 1.54) is 23.5 Å². The van der Waals surface area contributed by atoms with Crippen molar-refractivity contribution in [1.29, 1.82) is 0 Å². The lowest BCUT2D eigenvalue weighted by atomic mass is 9.99. The van der Waals surface area contributed by atoms with Gasteiger partial charge in [0.1, 0.15) is 23.1 Å². The Kier molecular flexibility index (Phi) is 4.23. The minimum absolute atomic E-state index is 0.0816. The Balaban J connectivity index is 1.52. The van der Waals surface area contributed by atoms with E-state index in [0.29, 0.717) is 24.3 Å². The topological polar surface area (TPSA) is 42.4 Å². The van der Waals surface area contributed by atoms with Crippen molar-refractivity contribution in [3.8, 4) is 5.75 Å². The number of likely N-dealkylation sites (tertiary alicyclic amines) is 1. The zero-order chi connectivity index (χ0) is 17.6. The van der Waals surface area contributed by atoms with Gasteiger partial charge in [-0.25, -0.2) is 9.37 Å². The van der Waals surface area contributed by atoms with Crippen LogP contribution in [0.15, 0.2) is 24.3 Å². The molecule has 4 nitrogen and oxygen atoms in total. The van der Waals surface area contributed by atoms with Crippen LogP contribution < -0.4 is 4.74 Å². The summed E-state index contributed by atoms with van der Waals surface area (Å²) in [5.74, 6) is 0.938. The summed E-state index contributed by atoms with van der Waals surface area (Å²) in [5, 5.41) is 0.921. The molecule has 2 aliphatic rings. The summed E-state index contributed by atoms with van der Waals surface area (Å²) >= 11 is 1.47. The van der Waals surface area contributed by atoms with E-state index < -0.39 is 0 Å². The molecule has 1 aliphatic carbocycles. The second-order valence-electron chi connectivity index (χ2n) is 6.92. The van der Waals surface area contributed by atoms with E-state index in [0.717, 1.165) is 34.8 Å². The minimum Gasteiger partial charge on any atom is -0.491 e. The minimum atomic E-state index is -0.278. The third-order valence-electron chi connectivity index (χ3n) is 5.31. The largest absolute Gasteiger partial charge is 0.491 e. The van der Waals surface area contributed by atoms with Crippen LogP contribution in [0.3, 0.4) is 0 Å². The first-order valence-corrected chi connectivity index (χ1v) is 9.49. The van der Waals surface area contributed by atoms with E-state index in [9.17, 15) is 9.18 Å². The highest BCUT2D eigenvalue weighted by atomic mass is 32.1. The predicted octanol–water partition coefficient (Wildman–Crippen LogP) is 3.97. The molecule has 2 aromatic rings. The first-order valence-electron chi connectivity index (χ1n) is 8.68. The summed E-state index contributed by atoms with van der Waals surface area (Å²) in [5.41, 5.74) is 0.813. The first-order chi connectivity index (χ1) is 12.0. The molecule has 2 bridgehead atoms. The second-order valence-corrected chi connectivity index (χ2v) is 8.12. The van der Waals surface area contributed by atoms with E-state index in [2.05, 4.69) is 4.98 Å². The van der Waals surface area contributed by atoms with Crippen molar-refractivity contribution in [3.63, 3.8) is 0 Å². The van der Waals surface area contributed by atoms with Crippen LogP contribution in [0.2, 0.25) is 0 Å². The van der Waals surface area contributed by atoms with Crippen LogP contribution in [-0.2, 0) is 0 Å². The molecule has 1 amide bonds. The van der Waals surface area contributed by atoms with Crippen molar-refractivity contribution in [2.75, 3.05) is 6.61 Å². The summed E-state index contributed by atoms with van der Waals surface area (Å²) in [6, 6.07) is 6.43. The maximum Gasteiger partial charge on any atom is 0.266 e. The third-order valence-corrected chi connectivity index (χ3v) is 6.37. The molecular formula is C19H21FN2O2S. The fraction of sp³-hybridized carbons (Fsp3) is 0.474. The molecule has 1 saturated carbocycles. The Morgan fingerprint density at radius 2 is 2.08 bits per heavy atom. The van der Waals surface area contributed by atoms with Crippen molar-refractivity contribution in [2.24, 2.45) is 5.92 Å². The molecule has 132 valence electrons. The molecule has 3 atom stereocenters. The first kappa shape index (κ1) is 16.5. The average Bonchev–Trinajstić information content (AvgIpc) is 3.28. The summed E-state index contributed by atoms with van der Waals surface area (Å²) in [6.07, 6.45) is 3.27. The number of benzene rings is 1. The number of thiazole rings is 1. The Bertz CT molecular complexity index is 789. The number of aryl methyl sites for hydroxylation is 2. The molecular weight excluding hydrogens is 339 g/mol. The van der Waals surface area contributed by atoms with Crippen molar-refractivity contribution in [1.82, 2.24) is 9.88 Å². The van der Waals surface area contributed by atoms with Gasteiger partial charge >= 0.3 is 0 Å². The summed E-state index contributed by atoms with van der Waals surface area (Å²) in [4.78, 5) is 20.3. The number of hydrogen-bond acceptors (Lipinski definition) is 4. The molecule has 1 aromatic carbocycles. The average molecular weight is 360 g/mol. The van der Waals surface area contributed by atoms with Gasteiger partial charge in [0.15, 0.2) is 0 Å². The summed E-state index contributed by atoms with van der Waals surface area (Å²) in [6.45, 7) is 4.28. The lowest BCUT2D eigenvalue weighted by Gasteiger charge is -2.35. The van der Waals surface area contributed by atoms with Gasteiger partial charge in [0.25, 0.3) is 5.91 Å². The quantitative estimate of drug-likeness (QED) is 0.828. The van der Waals surface area contributed by atoms with Gasteiger partial charge in [-0.2, -0.15) is 0 Å². The maximum absolute atomic E-state index is 13.1. The molecule has 0 spiro atoms. The molecule has 1 saturated heterocycles. The van der Waals surface area contributed by atoms with Crippen molar-refractivity contribution in [3.05, 3.63) is 45.7 Å². The molecule has 0 radical (unpaired) electrons. The zero-order valence-electron chi connectivity index (χ0n) is 14.4. The number of nitrogens with zero attached hydrogens (tertiary/aromatic N) is 2. The van der Waals surface area contributed by atoms with Crippen molar-refractivity contribution < 1.29 is 13.9 Å².